The van der Waals surface area contributed by atoms with Crippen molar-refractivity contribution >= 4 is 29.9 Å². The van der Waals surface area contributed by atoms with Crippen LogP contribution in [0.1, 0.15) is 58.3 Å². The first kappa shape index (κ1) is 21.0. The number of nitrogens with zero attached hydrogens (tertiary/aromatic N) is 2. The molecular weight excluding hydrogens is 403 g/mol. The minimum atomic E-state index is -0.576. The summed E-state index contributed by atoms with van der Waals surface area (Å²) in [6.45, 7) is 7.92. The predicted octanol–water partition coefficient (Wildman–Crippen LogP) is 2.34. The first-order valence-corrected chi connectivity index (χ1v) is 9.19. The Labute approximate surface area is 158 Å². The Morgan fingerprint density at radius 2 is 1.70 bits per heavy atom. The normalized spacial score (nSPS) is 22.3. The molecule has 1 aliphatic carbocycles. The van der Waals surface area contributed by atoms with Gasteiger partial charge in [-0.25, -0.2) is 0 Å². The highest BCUT2D eigenvalue weighted by molar-refractivity contribution is 14.0. The van der Waals surface area contributed by atoms with Gasteiger partial charge in [-0.3, -0.25) is 4.99 Å². The molecule has 0 aromatic heterocycles. The lowest BCUT2D eigenvalue weighted by atomic mass is 9.85. The van der Waals surface area contributed by atoms with Gasteiger partial charge in [0, 0.05) is 19.6 Å². The summed E-state index contributed by atoms with van der Waals surface area (Å²) in [4.78, 5) is 7.14. The highest BCUT2D eigenvalue weighted by Gasteiger charge is 2.28. The van der Waals surface area contributed by atoms with Crippen LogP contribution in [0.15, 0.2) is 4.99 Å². The Bertz CT molecular complexity index is 339. The molecule has 2 aliphatic rings. The molecule has 0 bridgehead atoms. The molecule has 1 saturated carbocycles. The van der Waals surface area contributed by atoms with E-state index in [2.05, 4.69) is 27.4 Å². The zero-order valence-corrected chi connectivity index (χ0v) is 17.0. The van der Waals surface area contributed by atoms with Crippen LogP contribution in [0.3, 0.4) is 0 Å². The van der Waals surface area contributed by atoms with Crippen molar-refractivity contribution in [2.24, 2.45) is 4.99 Å². The molecule has 2 rings (SSSR count). The van der Waals surface area contributed by atoms with Gasteiger partial charge in [0.1, 0.15) is 0 Å². The molecule has 0 unspecified atom stereocenters. The highest BCUT2D eigenvalue weighted by atomic mass is 127. The fourth-order valence-electron chi connectivity index (χ4n) is 3.45. The summed E-state index contributed by atoms with van der Waals surface area (Å²) in [6.07, 6.45) is 9.35. The average Bonchev–Trinajstić information content (AvgIpc) is 2.54. The van der Waals surface area contributed by atoms with E-state index in [4.69, 9.17) is 0 Å². The van der Waals surface area contributed by atoms with E-state index in [-0.39, 0.29) is 24.0 Å². The number of likely N-dealkylation sites (tertiary alicyclic amines) is 1. The molecule has 5 nitrogen and oxygen atoms in total. The molecule has 1 saturated heterocycles. The number of hydrogen-bond acceptors (Lipinski definition) is 3. The highest BCUT2D eigenvalue weighted by Crippen LogP contribution is 2.28. The predicted molar refractivity (Wildman–Crippen MR) is 108 cm³/mol. The number of halogens is 1. The number of rotatable bonds is 6. The van der Waals surface area contributed by atoms with Gasteiger partial charge >= 0.3 is 0 Å². The second-order valence-electron chi connectivity index (χ2n) is 6.81. The summed E-state index contributed by atoms with van der Waals surface area (Å²) in [6, 6.07) is 0. The fourth-order valence-corrected chi connectivity index (χ4v) is 3.45. The van der Waals surface area contributed by atoms with E-state index >= 15 is 0 Å². The van der Waals surface area contributed by atoms with E-state index in [1.54, 1.807) is 0 Å². The van der Waals surface area contributed by atoms with Gasteiger partial charge in [-0.1, -0.05) is 25.7 Å². The lowest BCUT2D eigenvalue weighted by Gasteiger charge is -2.30. The molecule has 0 amide bonds. The number of aliphatic imine (C=N–C) groups is 1. The quantitative estimate of drug-likeness (QED) is 0.339. The van der Waals surface area contributed by atoms with E-state index in [1.807, 2.05) is 0 Å². The maximum Gasteiger partial charge on any atom is 0.191 e. The molecule has 3 N–H and O–H groups in total. The third-order valence-corrected chi connectivity index (χ3v) is 4.83. The van der Waals surface area contributed by atoms with Gasteiger partial charge in [0.05, 0.1) is 12.1 Å². The van der Waals surface area contributed by atoms with E-state index < -0.39 is 5.60 Å². The SMILES string of the molecule is CCNC(=NCC1(O)CCCCC1)NCCN1CCCCC1.I. The Morgan fingerprint density at radius 1 is 1.04 bits per heavy atom. The summed E-state index contributed by atoms with van der Waals surface area (Å²) in [5, 5.41) is 17.2. The molecule has 0 aromatic carbocycles. The van der Waals surface area contributed by atoms with Gasteiger partial charge in [0.25, 0.3) is 0 Å². The fraction of sp³-hybridized carbons (Fsp3) is 0.941. The lowest BCUT2D eigenvalue weighted by molar-refractivity contribution is 0.0131. The summed E-state index contributed by atoms with van der Waals surface area (Å²) in [5.41, 5.74) is -0.576. The first-order valence-electron chi connectivity index (χ1n) is 9.19. The van der Waals surface area contributed by atoms with Crippen LogP contribution in [0.2, 0.25) is 0 Å². The molecule has 1 heterocycles. The average molecular weight is 438 g/mol. The number of guanidine groups is 1. The first-order chi connectivity index (χ1) is 10.7. The lowest BCUT2D eigenvalue weighted by Crippen LogP contribution is -2.44. The molecule has 0 radical (unpaired) electrons. The molecule has 0 aromatic rings. The van der Waals surface area contributed by atoms with Crippen LogP contribution >= 0.6 is 24.0 Å². The van der Waals surface area contributed by atoms with Gasteiger partial charge < -0.3 is 20.6 Å². The van der Waals surface area contributed by atoms with Gasteiger partial charge in [0.2, 0.25) is 0 Å². The number of hydrogen-bond donors (Lipinski definition) is 3. The summed E-state index contributed by atoms with van der Waals surface area (Å²) in [7, 11) is 0. The largest absolute Gasteiger partial charge is 0.388 e. The minimum absolute atomic E-state index is 0. The van der Waals surface area contributed by atoms with Gasteiger partial charge in [-0.2, -0.15) is 0 Å². The number of nitrogens with one attached hydrogen (secondary N) is 2. The topological polar surface area (TPSA) is 59.9 Å². The van der Waals surface area contributed by atoms with Crippen LogP contribution in [0.25, 0.3) is 0 Å². The third kappa shape index (κ3) is 8.03. The Balaban J connectivity index is 0.00000264. The van der Waals surface area contributed by atoms with Crippen molar-refractivity contribution in [3.63, 3.8) is 0 Å². The van der Waals surface area contributed by atoms with E-state index in [0.29, 0.717) is 6.54 Å². The van der Waals surface area contributed by atoms with Crippen LogP contribution in [-0.2, 0) is 0 Å². The van der Waals surface area contributed by atoms with Gasteiger partial charge in [-0.15, -0.1) is 24.0 Å². The zero-order valence-electron chi connectivity index (χ0n) is 14.6. The molecule has 6 heteroatoms. The summed E-state index contributed by atoms with van der Waals surface area (Å²) >= 11 is 0. The molecule has 0 spiro atoms. The number of piperidine rings is 1. The summed E-state index contributed by atoms with van der Waals surface area (Å²) < 4.78 is 0. The van der Waals surface area contributed by atoms with E-state index in [9.17, 15) is 5.11 Å². The van der Waals surface area contributed by atoms with Crippen molar-refractivity contribution < 1.29 is 5.11 Å². The van der Waals surface area contributed by atoms with Gasteiger partial charge in [-0.05, 0) is 45.7 Å². The Hall–Kier alpha value is -0.0800. The molecule has 136 valence electrons. The second-order valence-corrected chi connectivity index (χ2v) is 6.81. The van der Waals surface area contributed by atoms with Gasteiger partial charge in [0.15, 0.2) is 5.96 Å². The molecule has 1 aliphatic heterocycles. The van der Waals surface area contributed by atoms with Crippen molar-refractivity contribution in [2.45, 2.75) is 63.9 Å². The second kappa shape index (κ2) is 11.5. The summed E-state index contributed by atoms with van der Waals surface area (Å²) in [5.74, 6) is 0.846. The van der Waals surface area contributed by atoms with Crippen LogP contribution < -0.4 is 10.6 Å². The smallest absolute Gasteiger partial charge is 0.191 e. The van der Waals surface area contributed by atoms with Crippen molar-refractivity contribution in [3.8, 4) is 0 Å². The molecular formula is C17H35IN4O. The minimum Gasteiger partial charge on any atom is -0.388 e. The van der Waals surface area contributed by atoms with Crippen molar-refractivity contribution in [1.29, 1.82) is 0 Å². The van der Waals surface area contributed by atoms with Crippen LogP contribution in [0.5, 0.6) is 0 Å². The monoisotopic (exact) mass is 438 g/mol. The third-order valence-electron chi connectivity index (χ3n) is 4.83. The van der Waals surface area contributed by atoms with Crippen LogP contribution in [0, 0.1) is 0 Å². The molecule has 0 atom stereocenters. The van der Waals surface area contributed by atoms with Crippen LogP contribution in [-0.4, -0.2) is 60.8 Å². The Morgan fingerprint density at radius 3 is 2.35 bits per heavy atom. The number of aliphatic hydroxyl groups is 1. The Kier molecular flexibility index (Phi) is 10.5. The van der Waals surface area contributed by atoms with Crippen molar-refractivity contribution in [1.82, 2.24) is 15.5 Å². The molecule has 2 fully saturated rings. The maximum absolute atomic E-state index is 10.5. The maximum atomic E-state index is 10.5. The zero-order chi connectivity index (χ0) is 15.7. The molecule has 23 heavy (non-hydrogen) atoms. The van der Waals surface area contributed by atoms with Crippen molar-refractivity contribution in [3.05, 3.63) is 0 Å². The van der Waals surface area contributed by atoms with E-state index in [1.165, 1.54) is 38.8 Å². The van der Waals surface area contributed by atoms with Crippen molar-refractivity contribution in [2.75, 3.05) is 39.3 Å². The van der Waals surface area contributed by atoms with Crippen LogP contribution in [0.4, 0.5) is 0 Å². The standard InChI is InChI=1S/C17H34N4O.HI/c1-2-18-16(19-11-14-21-12-7-4-8-13-21)20-15-17(22)9-5-3-6-10-17;/h22H,2-15H2,1H3,(H2,18,19,20);1H. The van der Waals surface area contributed by atoms with E-state index in [0.717, 1.165) is 51.3 Å².